The van der Waals surface area contributed by atoms with Crippen molar-refractivity contribution in [2.75, 3.05) is 20.1 Å². The zero-order chi connectivity index (χ0) is 19.1. The van der Waals surface area contributed by atoms with E-state index in [4.69, 9.17) is 4.74 Å². The zero-order valence-electron chi connectivity index (χ0n) is 16.0. The summed E-state index contributed by atoms with van der Waals surface area (Å²) < 4.78 is 7.27. The molecule has 0 unspecified atom stereocenters. The molecule has 1 aliphatic heterocycles. The van der Waals surface area contributed by atoms with Crippen molar-refractivity contribution in [1.82, 2.24) is 20.0 Å². The maximum atomic E-state index is 12.0. The number of benzene rings is 1. The predicted molar refractivity (Wildman–Crippen MR) is 99.2 cm³/mol. The third-order valence-electron chi connectivity index (χ3n) is 4.42. The maximum Gasteiger partial charge on any atom is 0.410 e. The standard InChI is InChI=1S/C19H26N4O3/c1-12-6-16-14(7-15(12)17(24)20-5)11-23(21-16)10-13-8-22(9-13)18(25)26-19(2,3)4/h6-7,11,13H,8-10H2,1-5H3,(H,20,24). The van der Waals surface area contributed by atoms with Gasteiger partial charge in [0.2, 0.25) is 0 Å². The van der Waals surface area contributed by atoms with E-state index in [9.17, 15) is 9.59 Å². The average molecular weight is 358 g/mol. The van der Waals surface area contributed by atoms with Crippen molar-refractivity contribution in [3.63, 3.8) is 0 Å². The van der Waals surface area contributed by atoms with Gasteiger partial charge in [-0.25, -0.2) is 4.79 Å². The summed E-state index contributed by atoms with van der Waals surface area (Å²) in [7, 11) is 1.63. The Balaban J connectivity index is 1.64. The molecule has 7 nitrogen and oxygen atoms in total. The molecule has 1 aliphatic rings. The maximum absolute atomic E-state index is 12.0. The molecule has 1 aromatic carbocycles. The Labute approximate surface area is 153 Å². The number of aromatic nitrogens is 2. The lowest BCUT2D eigenvalue weighted by atomic mass is 10.0. The van der Waals surface area contributed by atoms with Crippen LogP contribution in [0.4, 0.5) is 4.79 Å². The van der Waals surface area contributed by atoms with E-state index in [-0.39, 0.29) is 12.0 Å². The van der Waals surface area contributed by atoms with E-state index < -0.39 is 5.60 Å². The van der Waals surface area contributed by atoms with Gasteiger partial charge in [-0.3, -0.25) is 9.48 Å². The van der Waals surface area contributed by atoms with Crippen LogP contribution in [0.15, 0.2) is 18.3 Å². The van der Waals surface area contributed by atoms with Gasteiger partial charge < -0.3 is 15.0 Å². The fourth-order valence-corrected chi connectivity index (χ4v) is 3.13. The minimum atomic E-state index is -0.470. The van der Waals surface area contributed by atoms with Crippen molar-refractivity contribution in [1.29, 1.82) is 0 Å². The third kappa shape index (κ3) is 3.81. The summed E-state index contributed by atoms with van der Waals surface area (Å²) >= 11 is 0. The molecule has 0 bridgehead atoms. The van der Waals surface area contributed by atoms with Crippen molar-refractivity contribution >= 4 is 22.9 Å². The van der Waals surface area contributed by atoms with E-state index in [1.54, 1.807) is 11.9 Å². The number of carbonyl (C=O) groups is 2. The SMILES string of the molecule is CNC(=O)c1cc2cn(CC3CN(C(=O)OC(C)(C)C)C3)nc2cc1C. The molecule has 1 aromatic heterocycles. The summed E-state index contributed by atoms with van der Waals surface area (Å²) in [6.45, 7) is 9.60. The first-order valence-electron chi connectivity index (χ1n) is 8.84. The molecular formula is C19H26N4O3. The van der Waals surface area contributed by atoms with Crippen molar-refractivity contribution in [2.45, 2.75) is 39.8 Å². The molecule has 0 radical (unpaired) electrons. The van der Waals surface area contributed by atoms with Crippen molar-refractivity contribution in [2.24, 2.45) is 5.92 Å². The molecule has 1 saturated heterocycles. The van der Waals surface area contributed by atoms with Crippen molar-refractivity contribution in [3.05, 3.63) is 29.5 Å². The largest absolute Gasteiger partial charge is 0.444 e. The molecule has 2 aromatic rings. The number of carbonyl (C=O) groups excluding carboxylic acids is 2. The molecule has 0 atom stereocenters. The van der Waals surface area contributed by atoms with Gasteiger partial charge in [0.15, 0.2) is 0 Å². The van der Waals surface area contributed by atoms with Gasteiger partial charge in [-0.15, -0.1) is 0 Å². The van der Waals surface area contributed by atoms with Gasteiger partial charge in [-0.2, -0.15) is 5.10 Å². The number of amides is 2. The summed E-state index contributed by atoms with van der Waals surface area (Å²) in [5.41, 5.74) is 1.97. The summed E-state index contributed by atoms with van der Waals surface area (Å²) in [6, 6.07) is 3.81. The fourth-order valence-electron chi connectivity index (χ4n) is 3.13. The first kappa shape index (κ1) is 18.2. The Morgan fingerprint density at radius 3 is 2.62 bits per heavy atom. The molecule has 1 fully saturated rings. The van der Waals surface area contributed by atoms with Crippen LogP contribution in [0.2, 0.25) is 0 Å². The number of aryl methyl sites for hydroxylation is 1. The number of nitrogens with one attached hydrogen (secondary N) is 1. The Hall–Kier alpha value is -2.57. The van der Waals surface area contributed by atoms with Crippen LogP contribution in [0.5, 0.6) is 0 Å². The van der Waals surface area contributed by atoms with E-state index in [0.29, 0.717) is 24.6 Å². The summed E-state index contributed by atoms with van der Waals surface area (Å²) in [4.78, 5) is 25.6. The first-order valence-corrected chi connectivity index (χ1v) is 8.84. The molecule has 1 N–H and O–H groups in total. The van der Waals surface area contributed by atoms with E-state index in [1.165, 1.54) is 0 Å². The number of rotatable bonds is 3. The number of ether oxygens (including phenoxy) is 1. The highest BCUT2D eigenvalue weighted by Crippen LogP contribution is 2.23. The van der Waals surface area contributed by atoms with Crippen molar-refractivity contribution < 1.29 is 14.3 Å². The second kappa shape index (κ2) is 6.63. The predicted octanol–water partition coefficient (Wildman–Crippen LogP) is 2.57. The van der Waals surface area contributed by atoms with Crippen molar-refractivity contribution in [3.8, 4) is 0 Å². The molecule has 0 saturated carbocycles. The van der Waals surface area contributed by atoms with Gasteiger partial charge in [0, 0.05) is 49.7 Å². The van der Waals surface area contributed by atoms with Gasteiger partial charge in [0.05, 0.1) is 5.52 Å². The topological polar surface area (TPSA) is 76.5 Å². The Morgan fingerprint density at radius 2 is 2.00 bits per heavy atom. The van der Waals surface area contributed by atoms with Crippen LogP contribution in [-0.4, -0.2) is 52.4 Å². The zero-order valence-corrected chi connectivity index (χ0v) is 16.0. The van der Waals surface area contributed by atoms with Crippen LogP contribution in [0.25, 0.3) is 10.9 Å². The molecule has 140 valence electrons. The molecular weight excluding hydrogens is 332 g/mol. The highest BCUT2D eigenvalue weighted by atomic mass is 16.6. The number of likely N-dealkylation sites (tertiary alicyclic amines) is 1. The van der Waals surface area contributed by atoms with Gasteiger partial charge >= 0.3 is 6.09 Å². The van der Waals surface area contributed by atoms with E-state index >= 15 is 0 Å². The highest BCUT2D eigenvalue weighted by molar-refractivity contribution is 5.99. The third-order valence-corrected chi connectivity index (χ3v) is 4.42. The fraction of sp³-hybridized carbons (Fsp3) is 0.526. The number of hydrogen-bond acceptors (Lipinski definition) is 4. The number of nitrogens with zero attached hydrogens (tertiary/aromatic N) is 3. The van der Waals surface area contributed by atoms with Crippen LogP contribution in [-0.2, 0) is 11.3 Å². The smallest absolute Gasteiger partial charge is 0.410 e. The summed E-state index contributed by atoms with van der Waals surface area (Å²) in [6.07, 6.45) is 1.70. The monoisotopic (exact) mass is 358 g/mol. The van der Waals surface area contributed by atoms with Gasteiger partial charge in [0.1, 0.15) is 5.60 Å². The van der Waals surface area contributed by atoms with Crippen LogP contribution >= 0.6 is 0 Å². The molecule has 26 heavy (non-hydrogen) atoms. The molecule has 7 heteroatoms. The quantitative estimate of drug-likeness (QED) is 0.915. The number of fused-ring (bicyclic) bond motifs is 1. The summed E-state index contributed by atoms with van der Waals surface area (Å²) in [5.74, 6) is 0.264. The normalized spacial score (nSPS) is 15.0. The van der Waals surface area contributed by atoms with Gasteiger partial charge in [-0.1, -0.05) is 0 Å². The lowest BCUT2D eigenvalue weighted by Crippen LogP contribution is -2.52. The van der Waals surface area contributed by atoms with E-state index in [0.717, 1.165) is 23.0 Å². The minimum absolute atomic E-state index is 0.0934. The average Bonchev–Trinajstić information content (AvgIpc) is 2.88. The minimum Gasteiger partial charge on any atom is -0.444 e. The summed E-state index contributed by atoms with van der Waals surface area (Å²) in [5, 5.41) is 8.20. The van der Waals surface area contributed by atoms with Crippen LogP contribution in [0.1, 0.15) is 36.7 Å². The highest BCUT2D eigenvalue weighted by Gasteiger charge is 2.33. The Bertz CT molecular complexity index is 844. The molecule has 2 heterocycles. The number of hydrogen-bond donors (Lipinski definition) is 1. The van der Waals surface area contributed by atoms with Crippen LogP contribution in [0.3, 0.4) is 0 Å². The molecule has 2 amide bonds. The van der Waals surface area contributed by atoms with Gasteiger partial charge in [-0.05, 0) is 45.4 Å². The van der Waals surface area contributed by atoms with E-state index in [1.807, 2.05) is 50.7 Å². The molecule has 0 aliphatic carbocycles. The lowest BCUT2D eigenvalue weighted by Gasteiger charge is -2.39. The second-order valence-corrected chi connectivity index (χ2v) is 7.91. The van der Waals surface area contributed by atoms with Crippen LogP contribution < -0.4 is 5.32 Å². The Morgan fingerprint density at radius 1 is 1.31 bits per heavy atom. The van der Waals surface area contributed by atoms with Crippen LogP contribution in [0, 0.1) is 12.8 Å². The van der Waals surface area contributed by atoms with Gasteiger partial charge in [0.25, 0.3) is 5.91 Å². The lowest BCUT2D eigenvalue weighted by molar-refractivity contribution is -0.00381. The molecule has 3 rings (SSSR count). The molecule has 0 spiro atoms. The Kier molecular flexibility index (Phi) is 4.64. The first-order chi connectivity index (χ1) is 12.2. The van der Waals surface area contributed by atoms with E-state index in [2.05, 4.69) is 10.4 Å². The second-order valence-electron chi connectivity index (χ2n) is 7.91.